The summed E-state index contributed by atoms with van der Waals surface area (Å²) < 4.78 is 48.0. The summed E-state index contributed by atoms with van der Waals surface area (Å²) in [5.74, 6) is -1.85. The summed E-state index contributed by atoms with van der Waals surface area (Å²) in [7, 11) is 0. The summed E-state index contributed by atoms with van der Waals surface area (Å²) in [5.41, 5.74) is 3.24. The van der Waals surface area contributed by atoms with E-state index in [9.17, 15) is 13.6 Å². The Kier molecular flexibility index (Phi) is 5.58. The second-order valence-corrected chi connectivity index (χ2v) is 8.95. The number of halogens is 2. The van der Waals surface area contributed by atoms with Crippen molar-refractivity contribution in [2.45, 2.75) is 25.3 Å². The van der Waals surface area contributed by atoms with Gasteiger partial charge in [-0.3, -0.25) is 9.36 Å². The molecule has 8 nitrogen and oxygen atoms in total. The van der Waals surface area contributed by atoms with E-state index in [0.29, 0.717) is 37.0 Å². The quantitative estimate of drug-likeness (QED) is 0.355. The molecule has 6 rings (SSSR count). The molecule has 0 radical (unpaired) electrons. The molecule has 2 atom stereocenters. The molecule has 190 valence electrons. The number of anilines is 1. The molecule has 0 spiro atoms. The summed E-state index contributed by atoms with van der Waals surface area (Å²) in [6.45, 7) is 2.72. The first-order chi connectivity index (χ1) is 17.9. The Morgan fingerprint density at radius 2 is 2.03 bits per heavy atom. The maximum atomic E-state index is 14.9. The molecule has 3 aromatic carbocycles. The number of rotatable bonds is 7. The summed E-state index contributed by atoms with van der Waals surface area (Å²) in [5, 5.41) is 12.6. The number of hydrogen-bond donors (Lipinski definition) is 2. The molecule has 2 aliphatic rings. The van der Waals surface area contributed by atoms with Crippen LogP contribution in [0.2, 0.25) is 0 Å². The van der Waals surface area contributed by atoms with Crippen molar-refractivity contribution in [1.82, 2.24) is 9.55 Å². The largest absolute Gasteiger partial charge is 0.493 e. The number of para-hydroxylation sites is 1. The molecule has 0 saturated carbocycles. The van der Waals surface area contributed by atoms with Gasteiger partial charge in [0.05, 0.1) is 36.9 Å². The molecule has 2 N–H and O–H groups in total. The van der Waals surface area contributed by atoms with E-state index in [-0.39, 0.29) is 35.4 Å². The number of carboxylic acids is 1. The molecular weight excluding hydrogens is 484 g/mol. The van der Waals surface area contributed by atoms with E-state index in [1.54, 1.807) is 13.0 Å². The molecule has 4 aromatic rings. The van der Waals surface area contributed by atoms with Crippen LogP contribution in [0.25, 0.3) is 16.7 Å². The van der Waals surface area contributed by atoms with Crippen LogP contribution in [-0.4, -0.2) is 40.4 Å². The predicted molar refractivity (Wildman–Crippen MR) is 131 cm³/mol. The van der Waals surface area contributed by atoms with Crippen molar-refractivity contribution in [3.05, 3.63) is 71.3 Å². The minimum absolute atomic E-state index is 0.0174. The van der Waals surface area contributed by atoms with Gasteiger partial charge in [-0.2, -0.15) is 4.98 Å². The van der Waals surface area contributed by atoms with Crippen molar-refractivity contribution in [1.29, 1.82) is 0 Å². The van der Waals surface area contributed by atoms with Crippen molar-refractivity contribution < 1.29 is 32.9 Å². The van der Waals surface area contributed by atoms with Crippen molar-refractivity contribution in [3.8, 4) is 23.2 Å². The minimum atomic E-state index is -1.01. The third-order valence-corrected chi connectivity index (χ3v) is 6.64. The van der Waals surface area contributed by atoms with Gasteiger partial charge in [0.15, 0.2) is 11.6 Å². The van der Waals surface area contributed by atoms with Crippen LogP contribution in [0.1, 0.15) is 36.4 Å². The first-order valence-corrected chi connectivity index (χ1v) is 11.9. The summed E-state index contributed by atoms with van der Waals surface area (Å²) in [6, 6.07) is 13.5. The van der Waals surface area contributed by atoms with Crippen molar-refractivity contribution in [2.24, 2.45) is 0 Å². The lowest BCUT2D eigenvalue weighted by Gasteiger charge is -2.15. The highest BCUT2D eigenvalue weighted by Crippen LogP contribution is 2.43. The lowest BCUT2D eigenvalue weighted by molar-refractivity contribution is -0.137. The molecule has 0 unspecified atom stereocenters. The predicted octanol–water partition coefficient (Wildman–Crippen LogP) is 5.20. The number of carbonyl (C=O) groups is 1. The van der Waals surface area contributed by atoms with Crippen LogP contribution in [0.3, 0.4) is 0 Å². The van der Waals surface area contributed by atoms with Gasteiger partial charge in [-0.05, 0) is 31.2 Å². The Bertz CT molecular complexity index is 1540. The van der Waals surface area contributed by atoms with Crippen LogP contribution in [-0.2, 0) is 4.79 Å². The fourth-order valence-corrected chi connectivity index (χ4v) is 5.00. The standard InChI is InChI=1S/C27H23F2N3O5/c1-2-35-27-31-19-9-8-18(28)24(29)25(19)32(27)21-5-3-4-17-20(13-37-26(17)21)30-15-6-7-16-14(10-23(33)34)12-36-22(16)11-15/h3-9,11,14,20,30H,2,10,12-13H2,1H3,(H,33,34)/t14-,20-/m1/s1. The van der Waals surface area contributed by atoms with Crippen LogP contribution < -0.4 is 19.5 Å². The van der Waals surface area contributed by atoms with E-state index in [1.807, 2.05) is 30.3 Å². The summed E-state index contributed by atoms with van der Waals surface area (Å²) >= 11 is 0. The molecule has 0 aliphatic carbocycles. The van der Waals surface area contributed by atoms with Gasteiger partial charge in [0.25, 0.3) is 0 Å². The molecule has 0 bridgehead atoms. The van der Waals surface area contributed by atoms with Crippen LogP contribution >= 0.6 is 0 Å². The zero-order chi connectivity index (χ0) is 25.7. The molecule has 0 amide bonds. The van der Waals surface area contributed by atoms with E-state index in [4.69, 9.17) is 19.3 Å². The van der Waals surface area contributed by atoms with Crippen LogP contribution in [0, 0.1) is 11.6 Å². The highest BCUT2D eigenvalue weighted by atomic mass is 19.2. The lowest BCUT2D eigenvalue weighted by atomic mass is 9.97. The number of nitrogens with zero attached hydrogens (tertiary/aromatic N) is 2. The van der Waals surface area contributed by atoms with Gasteiger partial charge >= 0.3 is 12.0 Å². The maximum absolute atomic E-state index is 14.9. The van der Waals surface area contributed by atoms with Gasteiger partial charge < -0.3 is 24.6 Å². The van der Waals surface area contributed by atoms with Crippen LogP contribution in [0.4, 0.5) is 14.5 Å². The fourth-order valence-electron chi connectivity index (χ4n) is 5.00. The number of imidazole rings is 1. The second kappa shape index (κ2) is 8.95. The van der Waals surface area contributed by atoms with E-state index >= 15 is 0 Å². The first-order valence-electron chi connectivity index (χ1n) is 11.9. The average Bonchev–Trinajstić information content (AvgIpc) is 3.57. The van der Waals surface area contributed by atoms with E-state index in [2.05, 4.69) is 10.3 Å². The number of fused-ring (bicyclic) bond motifs is 3. The van der Waals surface area contributed by atoms with E-state index in [0.717, 1.165) is 22.9 Å². The number of aliphatic carboxylic acids is 1. The molecule has 37 heavy (non-hydrogen) atoms. The second-order valence-electron chi connectivity index (χ2n) is 8.95. The van der Waals surface area contributed by atoms with Gasteiger partial charge in [-0.25, -0.2) is 8.78 Å². The molecular formula is C27H23F2N3O5. The minimum Gasteiger partial charge on any atom is -0.493 e. The Morgan fingerprint density at radius 3 is 2.84 bits per heavy atom. The molecule has 1 aromatic heterocycles. The van der Waals surface area contributed by atoms with E-state index in [1.165, 1.54) is 10.6 Å². The molecule has 3 heterocycles. The number of benzene rings is 3. The van der Waals surface area contributed by atoms with Gasteiger partial charge in [-0.1, -0.05) is 18.2 Å². The Hall–Kier alpha value is -4.34. The third kappa shape index (κ3) is 3.89. The Labute approximate surface area is 210 Å². The number of nitrogens with one attached hydrogen (secondary N) is 1. The zero-order valence-corrected chi connectivity index (χ0v) is 19.8. The zero-order valence-electron chi connectivity index (χ0n) is 19.8. The van der Waals surface area contributed by atoms with Gasteiger partial charge in [0.2, 0.25) is 0 Å². The number of hydrogen-bond acceptors (Lipinski definition) is 6. The van der Waals surface area contributed by atoms with Gasteiger partial charge in [0, 0.05) is 28.8 Å². The van der Waals surface area contributed by atoms with Gasteiger partial charge in [0.1, 0.15) is 23.6 Å². The maximum Gasteiger partial charge on any atom is 0.304 e. The topological polar surface area (TPSA) is 94.8 Å². The highest BCUT2D eigenvalue weighted by molar-refractivity contribution is 5.81. The number of carboxylic acid groups (broad SMARTS) is 1. The van der Waals surface area contributed by atoms with Crippen LogP contribution in [0.15, 0.2) is 48.5 Å². The fraction of sp³-hybridized carbons (Fsp3) is 0.259. The number of aromatic nitrogens is 2. The third-order valence-electron chi connectivity index (χ3n) is 6.64. The SMILES string of the molecule is CCOc1nc2ccc(F)c(F)c2n1-c1cccc2c1OC[C@H]2Nc1ccc2c(c1)OC[C@H]2CC(=O)O. The van der Waals surface area contributed by atoms with Crippen molar-refractivity contribution in [2.75, 3.05) is 25.1 Å². The molecule has 0 saturated heterocycles. The molecule has 10 heteroatoms. The van der Waals surface area contributed by atoms with E-state index < -0.39 is 17.6 Å². The monoisotopic (exact) mass is 507 g/mol. The Balaban J connectivity index is 1.35. The summed E-state index contributed by atoms with van der Waals surface area (Å²) in [6.07, 6.45) is 0.0174. The first kappa shape index (κ1) is 23.1. The lowest BCUT2D eigenvalue weighted by Crippen LogP contribution is -2.11. The normalized spacial score (nSPS) is 17.7. The smallest absolute Gasteiger partial charge is 0.304 e. The highest BCUT2D eigenvalue weighted by Gasteiger charge is 2.31. The molecule has 2 aliphatic heterocycles. The van der Waals surface area contributed by atoms with Gasteiger partial charge in [-0.15, -0.1) is 0 Å². The van der Waals surface area contributed by atoms with Crippen molar-refractivity contribution >= 4 is 22.7 Å². The Morgan fingerprint density at radius 1 is 1.16 bits per heavy atom. The average molecular weight is 507 g/mol. The van der Waals surface area contributed by atoms with Crippen LogP contribution in [0.5, 0.6) is 17.5 Å². The summed E-state index contributed by atoms with van der Waals surface area (Å²) in [4.78, 5) is 15.5. The van der Waals surface area contributed by atoms with Crippen molar-refractivity contribution in [3.63, 3.8) is 0 Å². The molecule has 0 fully saturated rings. The number of ether oxygens (including phenoxy) is 3.